The van der Waals surface area contributed by atoms with Crippen LogP contribution in [0.1, 0.15) is 27.6 Å². The molecule has 120 valence electrons. The summed E-state index contributed by atoms with van der Waals surface area (Å²) in [5.41, 5.74) is 0.374. The number of ether oxygens (including phenoxy) is 1. The summed E-state index contributed by atoms with van der Waals surface area (Å²) < 4.78 is 5.30. The zero-order chi connectivity index (χ0) is 17.0. The lowest BCUT2D eigenvalue weighted by Gasteiger charge is -2.11. The third-order valence-corrected chi connectivity index (χ3v) is 3.52. The van der Waals surface area contributed by atoms with Crippen LogP contribution in [0.5, 0.6) is 5.75 Å². The number of carboxylic acid groups (broad SMARTS) is 1. The molecule has 0 heterocycles. The maximum Gasteiger partial charge on any atom is 0.337 e. The van der Waals surface area contributed by atoms with Gasteiger partial charge in [-0.15, -0.1) is 0 Å². The van der Waals surface area contributed by atoms with E-state index in [1.54, 1.807) is 19.1 Å². The van der Waals surface area contributed by atoms with E-state index in [4.69, 9.17) is 33.0 Å². The van der Waals surface area contributed by atoms with Crippen molar-refractivity contribution in [3.63, 3.8) is 0 Å². The number of carbonyl (C=O) groups is 2. The number of para-hydroxylation sites is 1. The maximum atomic E-state index is 12.3. The van der Waals surface area contributed by atoms with Crippen molar-refractivity contribution < 1.29 is 19.4 Å². The molecule has 23 heavy (non-hydrogen) atoms. The van der Waals surface area contributed by atoms with Gasteiger partial charge in [-0.2, -0.15) is 0 Å². The van der Waals surface area contributed by atoms with Crippen molar-refractivity contribution in [3.8, 4) is 5.75 Å². The van der Waals surface area contributed by atoms with Crippen molar-refractivity contribution in [2.75, 3.05) is 11.9 Å². The van der Waals surface area contributed by atoms with Gasteiger partial charge in [0.2, 0.25) is 0 Å². The second kappa shape index (κ2) is 7.35. The molecule has 0 aliphatic heterocycles. The molecule has 5 nitrogen and oxygen atoms in total. The zero-order valence-corrected chi connectivity index (χ0v) is 13.6. The molecule has 1 amide bonds. The van der Waals surface area contributed by atoms with Gasteiger partial charge in [-0.25, -0.2) is 4.79 Å². The van der Waals surface area contributed by atoms with E-state index in [1.165, 1.54) is 24.3 Å². The molecule has 0 aliphatic carbocycles. The average Bonchev–Trinajstić information content (AvgIpc) is 2.51. The van der Waals surface area contributed by atoms with Crippen molar-refractivity contribution in [2.45, 2.75) is 6.92 Å². The topological polar surface area (TPSA) is 75.6 Å². The van der Waals surface area contributed by atoms with E-state index in [2.05, 4.69) is 5.32 Å². The van der Waals surface area contributed by atoms with Crippen LogP contribution < -0.4 is 10.1 Å². The molecule has 2 aromatic rings. The molecule has 2 rings (SSSR count). The third-order valence-electron chi connectivity index (χ3n) is 2.95. The first-order chi connectivity index (χ1) is 10.9. The van der Waals surface area contributed by atoms with E-state index >= 15 is 0 Å². The van der Waals surface area contributed by atoms with Crippen LogP contribution in [0.2, 0.25) is 10.0 Å². The van der Waals surface area contributed by atoms with E-state index in [0.717, 1.165) is 0 Å². The van der Waals surface area contributed by atoms with Crippen molar-refractivity contribution in [1.29, 1.82) is 0 Å². The summed E-state index contributed by atoms with van der Waals surface area (Å²) in [5, 5.41) is 12.1. The average molecular weight is 354 g/mol. The number of hydrogen-bond acceptors (Lipinski definition) is 3. The second-order valence-electron chi connectivity index (χ2n) is 4.51. The molecule has 0 unspecified atom stereocenters. The fourth-order valence-electron chi connectivity index (χ4n) is 1.95. The van der Waals surface area contributed by atoms with Gasteiger partial charge in [0, 0.05) is 5.56 Å². The van der Waals surface area contributed by atoms with E-state index in [1.807, 2.05) is 0 Å². The molecule has 0 radical (unpaired) electrons. The summed E-state index contributed by atoms with van der Waals surface area (Å²) in [4.78, 5) is 23.5. The van der Waals surface area contributed by atoms with Gasteiger partial charge >= 0.3 is 5.97 Å². The number of rotatable bonds is 5. The minimum atomic E-state index is -1.14. The quantitative estimate of drug-likeness (QED) is 0.837. The Balaban J connectivity index is 2.30. The van der Waals surface area contributed by atoms with Crippen LogP contribution in [0, 0.1) is 0 Å². The minimum Gasteiger partial charge on any atom is -0.491 e. The van der Waals surface area contributed by atoms with Crippen LogP contribution in [0.4, 0.5) is 5.69 Å². The SMILES string of the molecule is CCOc1c(Cl)cc(C(=O)Nc2ccccc2C(=O)O)cc1Cl. The Kier molecular flexibility index (Phi) is 5.47. The van der Waals surface area contributed by atoms with Crippen molar-refractivity contribution in [2.24, 2.45) is 0 Å². The third kappa shape index (κ3) is 3.94. The fourth-order valence-corrected chi connectivity index (χ4v) is 2.54. The Morgan fingerprint density at radius 2 is 1.78 bits per heavy atom. The number of anilines is 1. The van der Waals surface area contributed by atoms with Crippen LogP contribution in [0.15, 0.2) is 36.4 Å². The van der Waals surface area contributed by atoms with Gasteiger partial charge in [0.15, 0.2) is 5.75 Å². The molecule has 0 saturated heterocycles. The summed E-state index contributed by atoms with van der Waals surface area (Å²) in [5.74, 6) is -1.35. The largest absolute Gasteiger partial charge is 0.491 e. The van der Waals surface area contributed by atoms with Crippen LogP contribution in [-0.2, 0) is 0 Å². The molecule has 0 fully saturated rings. The number of hydrogen-bond donors (Lipinski definition) is 2. The van der Waals surface area contributed by atoms with Crippen molar-refractivity contribution in [3.05, 3.63) is 57.6 Å². The van der Waals surface area contributed by atoms with Crippen molar-refractivity contribution >= 4 is 40.8 Å². The first-order valence-electron chi connectivity index (χ1n) is 6.69. The normalized spacial score (nSPS) is 10.2. The number of halogens is 2. The smallest absolute Gasteiger partial charge is 0.337 e. The predicted molar refractivity (Wildman–Crippen MR) is 89.0 cm³/mol. The maximum absolute atomic E-state index is 12.3. The Morgan fingerprint density at radius 1 is 1.17 bits per heavy atom. The van der Waals surface area contributed by atoms with Gasteiger partial charge in [0.05, 0.1) is 27.9 Å². The molecule has 0 aromatic heterocycles. The number of carbonyl (C=O) groups excluding carboxylic acids is 1. The highest BCUT2D eigenvalue weighted by Crippen LogP contribution is 2.34. The standard InChI is InChI=1S/C16H13Cl2NO4/c1-2-23-14-11(17)7-9(8-12(14)18)15(20)19-13-6-4-3-5-10(13)16(21)22/h3-8H,2H2,1H3,(H,19,20)(H,21,22). The van der Waals surface area contributed by atoms with Gasteiger partial charge in [0.1, 0.15) is 0 Å². The first kappa shape index (κ1) is 17.1. The lowest BCUT2D eigenvalue weighted by molar-refractivity contribution is 0.0698. The number of amides is 1. The fraction of sp³-hybridized carbons (Fsp3) is 0.125. The first-order valence-corrected chi connectivity index (χ1v) is 7.45. The van der Waals surface area contributed by atoms with Crippen LogP contribution in [0.3, 0.4) is 0 Å². The Labute approximate surface area is 142 Å². The molecular formula is C16H13Cl2NO4. The van der Waals surface area contributed by atoms with E-state index < -0.39 is 11.9 Å². The second-order valence-corrected chi connectivity index (χ2v) is 5.32. The minimum absolute atomic E-state index is 0.0102. The molecule has 7 heteroatoms. The van der Waals surface area contributed by atoms with Crippen LogP contribution in [-0.4, -0.2) is 23.6 Å². The van der Waals surface area contributed by atoms with E-state index in [0.29, 0.717) is 12.4 Å². The molecule has 0 atom stereocenters. The van der Waals surface area contributed by atoms with Gasteiger partial charge in [-0.1, -0.05) is 35.3 Å². The highest BCUT2D eigenvalue weighted by atomic mass is 35.5. The van der Waals surface area contributed by atoms with Crippen molar-refractivity contribution in [1.82, 2.24) is 0 Å². The van der Waals surface area contributed by atoms with Crippen LogP contribution >= 0.6 is 23.2 Å². The lowest BCUT2D eigenvalue weighted by Crippen LogP contribution is -2.15. The molecule has 0 bridgehead atoms. The lowest BCUT2D eigenvalue weighted by atomic mass is 10.1. The summed E-state index contributed by atoms with van der Waals surface area (Å²) in [6, 6.07) is 8.92. The number of nitrogens with one attached hydrogen (secondary N) is 1. The predicted octanol–water partition coefficient (Wildman–Crippen LogP) is 4.34. The van der Waals surface area contributed by atoms with Gasteiger partial charge in [-0.05, 0) is 31.2 Å². The molecular weight excluding hydrogens is 341 g/mol. The summed E-state index contributed by atoms with van der Waals surface area (Å²) in [6.45, 7) is 2.17. The summed E-state index contributed by atoms with van der Waals surface area (Å²) >= 11 is 12.1. The Morgan fingerprint density at radius 3 is 2.35 bits per heavy atom. The highest BCUT2D eigenvalue weighted by Gasteiger charge is 2.16. The molecule has 2 aromatic carbocycles. The van der Waals surface area contributed by atoms with Gasteiger partial charge < -0.3 is 15.2 Å². The monoisotopic (exact) mass is 353 g/mol. The molecule has 2 N–H and O–H groups in total. The number of benzene rings is 2. The molecule has 0 spiro atoms. The molecule has 0 saturated carbocycles. The zero-order valence-electron chi connectivity index (χ0n) is 12.1. The van der Waals surface area contributed by atoms with E-state index in [9.17, 15) is 9.59 Å². The highest BCUT2D eigenvalue weighted by molar-refractivity contribution is 6.37. The Bertz CT molecular complexity index is 738. The van der Waals surface area contributed by atoms with Gasteiger partial charge in [-0.3, -0.25) is 4.79 Å². The number of carboxylic acids is 1. The summed E-state index contributed by atoms with van der Waals surface area (Å²) in [7, 11) is 0. The van der Waals surface area contributed by atoms with E-state index in [-0.39, 0.29) is 26.9 Å². The Hall–Kier alpha value is -2.24. The molecule has 0 aliphatic rings. The number of aromatic carboxylic acids is 1. The van der Waals surface area contributed by atoms with Gasteiger partial charge in [0.25, 0.3) is 5.91 Å². The van der Waals surface area contributed by atoms with Crippen LogP contribution in [0.25, 0.3) is 0 Å². The summed E-state index contributed by atoms with van der Waals surface area (Å²) in [6.07, 6.45) is 0.